The van der Waals surface area contributed by atoms with E-state index < -0.39 is 5.60 Å². The van der Waals surface area contributed by atoms with Gasteiger partial charge in [-0.2, -0.15) is 0 Å². The third-order valence-corrected chi connectivity index (χ3v) is 4.43. The largest absolute Gasteiger partial charge is 0.444 e. The molecular formula is C17H29NO4. The van der Waals surface area contributed by atoms with Gasteiger partial charge in [-0.15, -0.1) is 0 Å². The van der Waals surface area contributed by atoms with Crippen molar-refractivity contribution in [3.05, 3.63) is 0 Å². The van der Waals surface area contributed by atoms with Crippen LogP contribution in [-0.2, 0) is 14.3 Å². The van der Waals surface area contributed by atoms with Crippen molar-refractivity contribution in [3.63, 3.8) is 0 Å². The number of nitrogens with zero attached hydrogens (tertiary/aromatic N) is 1. The molecule has 2 rings (SSSR count). The van der Waals surface area contributed by atoms with E-state index in [1.165, 1.54) is 0 Å². The molecule has 0 bridgehead atoms. The second-order valence-electron chi connectivity index (χ2n) is 7.69. The Morgan fingerprint density at radius 2 is 2.00 bits per heavy atom. The van der Waals surface area contributed by atoms with Crippen LogP contribution in [0, 0.1) is 11.8 Å². The molecule has 0 aromatic carbocycles. The summed E-state index contributed by atoms with van der Waals surface area (Å²) in [5.41, 5.74) is -0.506. The van der Waals surface area contributed by atoms with Gasteiger partial charge in [-0.25, -0.2) is 4.79 Å². The van der Waals surface area contributed by atoms with Gasteiger partial charge < -0.3 is 14.4 Å². The molecule has 3 atom stereocenters. The molecule has 22 heavy (non-hydrogen) atoms. The summed E-state index contributed by atoms with van der Waals surface area (Å²) in [6.07, 6.45) is 2.79. The van der Waals surface area contributed by atoms with Gasteiger partial charge in [0, 0.05) is 31.5 Å². The van der Waals surface area contributed by atoms with Gasteiger partial charge in [-0.1, -0.05) is 6.92 Å². The number of hydrogen-bond acceptors (Lipinski definition) is 4. The zero-order chi connectivity index (χ0) is 16.3. The van der Waals surface area contributed by atoms with E-state index in [-0.39, 0.29) is 23.8 Å². The van der Waals surface area contributed by atoms with Crippen molar-refractivity contribution in [2.24, 2.45) is 11.8 Å². The SMILES string of the molecule is CC1CCN(C(=O)OC(C)(C)C)C(CC(=O)C2CCOC2)C1. The van der Waals surface area contributed by atoms with E-state index in [9.17, 15) is 9.59 Å². The standard InChI is InChI=1S/C17H29NO4/c1-12-5-7-18(16(20)22-17(2,3)4)14(9-12)10-15(19)13-6-8-21-11-13/h12-14H,5-11H2,1-4H3. The fourth-order valence-corrected chi connectivity index (χ4v) is 3.19. The molecule has 5 nitrogen and oxygen atoms in total. The molecule has 2 aliphatic rings. The van der Waals surface area contributed by atoms with Crippen molar-refractivity contribution in [1.82, 2.24) is 4.90 Å². The molecule has 3 unspecified atom stereocenters. The first-order valence-electron chi connectivity index (χ1n) is 8.36. The summed E-state index contributed by atoms with van der Waals surface area (Å²) >= 11 is 0. The lowest BCUT2D eigenvalue weighted by Gasteiger charge is -2.39. The molecule has 0 radical (unpaired) electrons. The van der Waals surface area contributed by atoms with Crippen molar-refractivity contribution in [3.8, 4) is 0 Å². The molecule has 0 N–H and O–H groups in total. The van der Waals surface area contributed by atoms with Gasteiger partial charge in [-0.05, 0) is 46.0 Å². The minimum absolute atomic E-state index is 0.0118. The topological polar surface area (TPSA) is 55.8 Å². The van der Waals surface area contributed by atoms with E-state index in [1.807, 2.05) is 20.8 Å². The number of hydrogen-bond donors (Lipinski definition) is 0. The monoisotopic (exact) mass is 311 g/mol. The normalized spacial score (nSPS) is 29.5. The molecule has 2 aliphatic heterocycles. The molecule has 0 aliphatic carbocycles. The molecule has 1 amide bonds. The fourth-order valence-electron chi connectivity index (χ4n) is 3.19. The Morgan fingerprint density at radius 1 is 1.27 bits per heavy atom. The van der Waals surface area contributed by atoms with Gasteiger partial charge in [0.2, 0.25) is 0 Å². The highest BCUT2D eigenvalue weighted by Gasteiger charge is 2.35. The van der Waals surface area contributed by atoms with Crippen LogP contribution in [-0.4, -0.2) is 48.2 Å². The van der Waals surface area contributed by atoms with Crippen LogP contribution >= 0.6 is 0 Å². The molecule has 2 heterocycles. The Balaban J connectivity index is 1.99. The zero-order valence-corrected chi connectivity index (χ0v) is 14.3. The first-order valence-corrected chi connectivity index (χ1v) is 8.36. The number of Topliss-reactive ketones (excluding diaryl/α,β-unsaturated/α-hetero) is 1. The highest BCUT2D eigenvalue weighted by molar-refractivity contribution is 5.82. The maximum Gasteiger partial charge on any atom is 0.410 e. The van der Waals surface area contributed by atoms with E-state index in [4.69, 9.17) is 9.47 Å². The number of carbonyl (C=O) groups is 2. The highest BCUT2D eigenvalue weighted by atomic mass is 16.6. The highest BCUT2D eigenvalue weighted by Crippen LogP contribution is 2.28. The van der Waals surface area contributed by atoms with Gasteiger partial charge in [0.1, 0.15) is 11.4 Å². The predicted molar refractivity (Wildman–Crippen MR) is 83.7 cm³/mol. The smallest absolute Gasteiger partial charge is 0.410 e. The first-order chi connectivity index (χ1) is 10.3. The summed E-state index contributed by atoms with van der Waals surface area (Å²) in [6.45, 7) is 9.67. The lowest BCUT2D eigenvalue weighted by Crippen LogP contribution is -2.49. The van der Waals surface area contributed by atoms with Gasteiger partial charge in [0.15, 0.2) is 0 Å². The number of likely N-dealkylation sites (tertiary alicyclic amines) is 1. The van der Waals surface area contributed by atoms with Crippen LogP contribution in [0.3, 0.4) is 0 Å². The molecule has 0 aromatic rings. The van der Waals surface area contributed by atoms with E-state index in [0.717, 1.165) is 19.3 Å². The molecule has 0 aromatic heterocycles. The van der Waals surface area contributed by atoms with Gasteiger partial charge in [-0.3, -0.25) is 4.79 Å². The van der Waals surface area contributed by atoms with Crippen LogP contribution in [0.15, 0.2) is 0 Å². The van der Waals surface area contributed by atoms with Gasteiger partial charge in [0.25, 0.3) is 0 Å². The number of ketones is 1. The Kier molecular flexibility index (Phi) is 5.48. The number of carbonyl (C=O) groups excluding carboxylic acids is 2. The van der Waals surface area contributed by atoms with Gasteiger partial charge >= 0.3 is 6.09 Å². The Morgan fingerprint density at radius 3 is 2.59 bits per heavy atom. The second kappa shape index (κ2) is 6.99. The lowest BCUT2D eigenvalue weighted by molar-refractivity contribution is -0.124. The van der Waals surface area contributed by atoms with Crippen molar-refractivity contribution in [2.75, 3.05) is 19.8 Å². The average Bonchev–Trinajstić information content (AvgIpc) is 2.90. The molecule has 126 valence electrons. The van der Waals surface area contributed by atoms with Crippen LogP contribution in [0.4, 0.5) is 4.79 Å². The van der Waals surface area contributed by atoms with Crippen LogP contribution in [0.25, 0.3) is 0 Å². The first kappa shape index (κ1) is 17.3. The van der Waals surface area contributed by atoms with Crippen LogP contribution in [0.5, 0.6) is 0 Å². The molecule has 2 saturated heterocycles. The van der Waals surface area contributed by atoms with E-state index in [0.29, 0.717) is 32.1 Å². The van der Waals surface area contributed by atoms with Crippen LogP contribution < -0.4 is 0 Å². The van der Waals surface area contributed by atoms with Crippen molar-refractivity contribution >= 4 is 11.9 Å². The molecule has 2 fully saturated rings. The maximum absolute atomic E-state index is 12.4. The Bertz CT molecular complexity index is 409. The van der Waals surface area contributed by atoms with E-state index in [1.54, 1.807) is 4.90 Å². The van der Waals surface area contributed by atoms with Crippen molar-refractivity contribution < 1.29 is 19.1 Å². The molecule has 5 heteroatoms. The summed E-state index contributed by atoms with van der Waals surface area (Å²) < 4.78 is 10.8. The second-order valence-corrected chi connectivity index (χ2v) is 7.69. The van der Waals surface area contributed by atoms with Crippen molar-refractivity contribution in [1.29, 1.82) is 0 Å². The Hall–Kier alpha value is -1.10. The number of rotatable bonds is 3. The summed E-state index contributed by atoms with van der Waals surface area (Å²) in [5, 5.41) is 0. The molecular weight excluding hydrogens is 282 g/mol. The van der Waals surface area contributed by atoms with Crippen LogP contribution in [0.1, 0.15) is 53.4 Å². The van der Waals surface area contributed by atoms with E-state index >= 15 is 0 Å². The number of piperidine rings is 1. The number of amides is 1. The number of ether oxygens (including phenoxy) is 2. The van der Waals surface area contributed by atoms with Gasteiger partial charge in [0.05, 0.1) is 6.61 Å². The zero-order valence-electron chi connectivity index (χ0n) is 14.3. The average molecular weight is 311 g/mol. The summed E-state index contributed by atoms with van der Waals surface area (Å²) in [7, 11) is 0. The predicted octanol–water partition coefficient (Wildman–Crippen LogP) is 3.02. The molecule has 0 spiro atoms. The fraction of sp³-hybridized carbons (Fsp3) is 0.882. The summed E-state index contributed by atoms with van der Waals surface area (Å²) in [5.74, 6) is 0.777. The summed E-state index contributed by atoms with van der Waals surface area (Å²) in [6, 6.07) is -0.0355. The van der Waals surface area contributed by atoms with E-state index in [2.05, 4.69) is 6.92 Å². The minimum atomic E-state index is -0.506. The maximum atomic E-state index is 12.4. The quantitative estimate of drug-likeness (QED) is 0.804. The van der Waals surface area contributed by atoms with Crippen LogP contribution in [0.2, 0.25) is 0 Å². The Labute approximate surface area is 133 Å². The third kappa shape index (κ3) is 4.70. The van der Waals surface area contributed by atoms with Crippen molar-refractivity contribution in [2.45, 2.75) is 65.0 Å². The minimum Gasteiger partial charge on any atom is -0.444 e. The lowest BCUT2D eigenvalue weighted by atomic mass is 9.87. The third-order valence-electron chi connectivity index (χ3n) is 4.43. The summed E-state index contributed by atoms with van der Waals surface area (Å²) in [4.78, 5) is 26.6. The molecule has 0 saturated carbocycles.